The molecule has 0 radical (unpaired) electrons. The fourth-order valence-corrected chi connectivity index (χ4v) is 3.31. The molecule has 0 aliphatic rings. The Hall–Kier alpha value is -4.07. The number of carbonyl (C=O) groups excluding carboxylic acids is 1. The summed E-state index contributed by atoms with van der Waals surface area (Å²) in [6.45, 7) is 6.02. The van der Waals surface area contributed by atoms with Crippen molar-refractivity contribution >= 4 is 28.4 Å². The Bertz CT molecular complexity index is 1360. The van der Waals surface area contributed by atoms with Gasteiger partial charge in [-0.15, -0.1) is 0 Å². The fourth-order valence-electron chi connectivity index (χ4n) is 3.31. The van der Waals surface area contributed by atoms with E-state index in [1.807, 2.05) is 37.3 Å². The predicted octanol–water partition coefficient (Wildman–Crippen LogP) is 6.23. The van der Waals surface area contributed by atoms with Crippen LogP contribution < -0.4 is 5.32 Å². The number of aryl methyl sites for hydroxylation is 1. The molecule has 1 heterocycles. The van der Waals surface area contributed by atoms with Crippen LogP contribution in [0.15, 0.2) is 59.0 Å². The Kier molecular flexibility index (Phi) is 5.44. The van der Waals surface area contributed by atoms with Gasteiger partial charge < -0.3 is 9.73 Å². The smallest absolute Gasteiger partial charge is 0.305 e. The maximum absolute atomic E-state index is 13.6. The van der Waals surface area contributed by atoms with Crippen molar-refractivity contribution in [2.24, 2.45) is 0 Å². The molecule has 1 N–H and O–H groups in total. The molecule has 162 valence electrons. The molecule has 1 aromatic heterocycles. The van der Waals surface area contributed by atoms with Gasteiger partial charge in [0.05, 0.1) is 4.92 Å². The molecule has 0 unspecified atom stereocenters. The summed E-state index contributed by atoms with van der Waals surface area (Å²) in [5, 5.41) is 13.7. The fraction of sp³-hybridized carbons (Fsp3) is 0.167. The summed E-state index contributed by atoms with van der Waals surface area (Å²) in [5.74, 6) is -0.814. The number of nitro benzene ring substituents is 1. The number of hydrogen-bond donors (Lipinski definition) is 1. The van der Waals surface area contributed by atoms with E-state index in [4.69, 9.17) is 4.42 Å². The Morgan fingerprint density at radius 1 is 1.12 bits per heavy atom. The number of nitro groups is 1. The average molecular weight is 433 g/mol. The van der Waals surface area contributed by atoms with E-state index in [2.05, 4.69) is 24.1 Å². The lowest BCUT2D eigenvalue weighted by atomic mass is 10.0. The molecular weight excluding hydrogens is 413 g/mol. The van der Waals surface area contributed by atoms with Crippen molar-refractivity contribution in [2.75, 3.05) is 5.32 Å². The van der Waals surface area contributed by atoms with Crippen LogP contribution >= 0.6 is 0 Å². The molecule has 0 spiro atoms. The number of hydrogen-bond acceptors (Lipinski definition) is 5. The third kappa shape index (κ3) is 4.07. The molecule has 0 fully saturated rings. The van der Waals surface area contributed by atoms with Gasteiger partial charge in [0.2, 0.25) is 11.7 Å². The van der Waals surface area contributed by atoms with Gasteiger partial charge in [-0.3, -0.25) is 14.9 Å². The van der Waals surface area contributed by atoms with Crippen LogP contribution in [0, 0.1) is 22.9 Å². The number of fused-ring (bicyclic) bond motifs is 1. The monoisotopic (exact) mass is 433 g/mol. The van der Waals surface area contributed by atoms with Crippen LogP contribution in [0.4, 0.5) is 15.8 Å². The van der Waals surface area contributed by atoms with Gasteiger partial charge in [0.1, 0.15) is 5.52 Å². The van der Waals surface area contributed by atoms with Gasteiger partial charge in [-0.05, 0) is 60.4 Å². The van der Waals surface area contributed by atoms with Gasteiger partial charge in [0.25, 0.3) is 5.91 Å². The molecule has 3 aromatic carbocycles. The maximum Gasteiger partial charge on any atom is 0.305 e. The van der Waals surface area contributed by atoms with Crippen molar-refractivity contribution in [2.45, 2.75) is 26.7 Å². The molecule has 0 aliphatic heterocycles. The molecule has 0 aliphatic carbocycles. The highest BCUT2D eigenvalue weighted by atomic mass is 19.1. The van der Waals surface area contributed by atoms with Gasteiger partial charge in [0.15, 0.2) is 5.58 Å². The van der Waals surface area contributed by atoms with Gasteiger partial charge >= 0.3 is 5.69 Å². The van der Waals surface area contributed by atoms with E-state index in [0.29, 0.717) is 28.6 Å². The van der Waals surface area contributed by atoms with Crippen molar-refractivity contribution in [1.82, 2.24) is 4.98 Å². The number of oxazole rings is 1. The second-order valence-electron chi connectivity index (χ2n) is 7.81. The van der Waals surface area contributed by atoms with E-state index in [1.54, 1.807) is 6.07 Å². The van der Waals surface area contributed by atoms with E-state index < -0.39 is 22.3 Å². The minimum absolute atomic E-state index is 0.0222. The number of anilines is 1. The minimum Gasteiger partial charge on any atom is -0.436 e. The van der Waals surface area contributed by atoms with Gasteiger partial charge in [-0.1, -0.05) is 26.0 Å². The summed E-state index contributed by atoms with van der Waals surface area (Å²) in [4.78, 5) is 27.3. The standard InChI is InChI=1S/C24H20FN3O4/c1-13(2)15-7-9-22-20(10-15)27-24(32-22)17-5-4-14(3)19(11-17)26-23(29)16-6-8-18(25)21(12-16)28(30)31/h4-13H,1-3H3,(H,26,29). The molecule has 4 aromatic rings. The van der Waals surface area contributed by atoms with Crippen LogP contribution in [0.2, 0.25) is 0 Å². The number of rotatable bonds is 5. The number of nitrogens with one attached hydrogen (secondary N) is 1. The highest BCUT2D eigenvalue weighted by Gasteiger charge is 2.18. The number of aromatic nitrogens is 1. The summed E-state index contributed by atoms with van der Waals surface area (Å²) in [5.41, 5.74) is 3.72. The number of benzene rings is 3. The molecule has 0 atom stereocenters. The summed E-state index contributed by atoms with van der Waals surface area (Å²) in [7, 11) is 0. The van der Waals surface area contributed by atoms with E-state index in [1.165, 1.54) is 6.07 Å². The highest BCUT2D eigenvalue weighted by molar-refractivity contribution is 6.05. The predicted molar refractivity (Wildman–Crippen MR) is 119 cm³/mol. The third-order valence-corrected chi connectivity index (χ3v) is 5.22. The number of halogens is 1. The Morgan fingerprint density at radius 3 is 2.62 bits per heavy atom. The van der Waals surface area contributed by atoms with Crippen LogP contribution in [-0.4, -0.2) is 15.8 Å². The zero-order chi connectivity index (χ0) is 23.0. The van der Waals surface area contributed by atoms with Crippen molar-refractivity contribution in [3.8, 4) is 11.5 Å². The van der Waals surface area contributed by atoms with E-state index in [9.17, 15) is 19.3 Å². The SMILES string of the molecule is Cc1ccc(-c2nc3cc(C(C)C)ccc3o2)cc1NC(=O)c1ccc(F)c([N+](=O)[O-])c1. The first-order valence-corrected chi connectivity index (χ1v) is 9.99. The summed E-state index contributed by atoms with van der Waals surface area (Å²) >= 11 is 0. The van der Waals surface area contributed by atoms with Crippen LogP contribution in [0.1, 0.15) is 41.3 Å². The van der Waals surface area contributed by atoms with Crippen LogP contribution in [0.3, 0.4) is 0 Å². The Morgan fingerprint density at radius 2 is 1.91 bits per heavy atom. The topological polar surface area (TPSA) is 98.3 Å². The van der Waals surface area contributed by atoms with E-state index in [-0.39, 0.29) is 5.56 Å². The first-order chi connectivity index (χ1) is 15.2. The lowest BCUT2D eigenvalue weighted by Crippen LogP contribution is -2.13. The molecule has 7 nitrogen and oxygen atoms in total. The second kappa shape index (κ2) is 8.22. The molecule has 4 rings (SSSR count). The zero-order valence-electron chi connectivity index (χ0n) is 17.7. The lowest BCUT2D eigenvalue weighted by Gasteiger charge is -2.10. The van der Waals surface area contributed by atoms with Crippen molar-refractivity contribution in [1.29, 1.82) is 0 Å². The van der Waals surface area contributed by atoms with E-state index >= 15 is 0 Å². The Labute approximate surface area is 183 Å². The number of nitrogens with zero attached hydrogens (tertiary/aromatic N) is 2. The quantitative estimate of drug-likeness (QED) is 0.297. The molecule has 8 heteroatoms. The average Bonchev–Trinajstić information content (AvgIpc) is 3.18. The summed E-state index contributed by atoms with van der Waals surface area (Å²) in [6, 6.07) is 14.3. The highest BCUT2D eigenvalue weighted by Crippen LogP contribution is 2.30. The third-order valence-electron chi connectivity index (χ3n) is 5.22. The molecule has 1 amide bonds. The lowest BCUT2D eigenvalue weighted by molar-refractivity contribution is -0.387. The molecule has 0 bridgehead atoms. The molecule has 0 saturated carbocycles. The minimum atomic E-state index is -0.999. The van der Waals surface area contributed by atoms with Crippen LogP contribution in [0.25, 0.3) is 22.6 Å². The maximum atomic E-state index is 13.6. The van der Waals surface area contributed by atoms with Gasteiger partial charge in [0, 0.05) is 22.9 Å². The molecular formula is C24H20FN3O4. The zero-order valence-corrected chi connectivity index (χ0v) is 17.7. The molecule has 0 saturated heterocycles. The first kappa shape index (κ1) is 21.2. The number of amides is 1. The van der Waals surface area contributed by atoms with Crippen LogP contribution in [-0.2, 0) is 0 Å². The molecule has 32 heavy (non-hydrogen) atoms. The van der Waals surface area contributed by atoms with Gasteiger partial charge in [-0.25, -0.2) is 4.98 Å². The summed E-state index contributed by atoms with van der Waals surface area (Å²) < 4.78 is 19.5. The van der Waals surface area contributed by atoms with Crippen LogP contribution in [0.5, 0.6) is 0 Å². The van der Waals surface area contributed by atoms with Crippen molar-refractivity contribution < 1.29 is 18.5 Å². The first-order valence-electron chi connectivity index (χ1n) is 9.99. The number of carbonyl (C=O) groups is 1. The second-order valence-corrected chi connectivity index (χ2v) is 7.81. The van der Waals surface area contributed by atoms with E-state index in [0.717, 1.165) is 28.8 Å². The summed E-state index contributed by atoms with van der Waals surface area (Å²) in [6.07, 6.45) is 0. The van der Waals surface area contributed by atoms with Gasteiger partial charge in [-0.2, -0.15) is 4.39 Å². The largest absolute Gasteiger partial charge is 0.436 e. The normalized spacial score (nSPS) is 11.2. The Balaban J connectivity index is 1.65. The van der Waals surface area contributed by atoms with Crippen molar-refractivity contribution in [3.05, 3.63) is 87.2 Å². The van der Waals surface area contributed by atoms with Crippen molar-refractivity contribution in [3.63, 3.8) is 0 Å².